The number of esters is 1. The highest BCUT2D eigenvalue weighted by Crippen LogP contribution is 2.31. The Balaban J connectivity index is 1.88. The highest BCUT2D eigenvalue weighted by molar-refractivity contribution is 8.00. The van der Waals surface area contributed by atoms with E-state index in [0.29, 0.717) is 32.8 Å². The second-order valence-electron chi connectivity index (χ2n) is 7.08. The van der Waals surface area contributed by atoms with E-state index in [1.54, 1.807) is 13.8 Å². The molecule has 0 unspecified atom stereocenters. The number of hydrogen-bond acceptors (Lipinski definition) is 8. The third kappa shape index (κ3) is 4.81. The lowest BCUT2D eigenvalue weighted by molar-refractivity contribution is -0.115. The molecule has 0 aliphatic carbocycles. The summed E-state index contributed by atoms with van der Waals surface area (Å²) in [6, 6.07) is 7.67. The fourth-order valence-corrected chi connectivity index (χ4v) is 5.20. The molecule has 0 aliphatic rings. The fraction of sp³-hybridized carbons (Fsp3) is 0.364. The van der Waals surface area contributed by atoms with Gasteiger partial charge in [-0.1, -0.05) is 37.7 Å². The van der Waals surface area contributed by atoms with Gasteiger partial charge in [-0.05, 0) is 49.9 Å². The Hall–Kier alpha value is -2.85. The molecule has 2 aromatic heterocycles. The molecule has 3 aromatic rings. The second kappa shape index (κ2) is 10.2. The van der Waals surface area contributed by atoms with Crippen LogP contribution in [0, 0.1) is 6.92 Å². The van der Waals surface area contributed by atoms with Gasteiger partial charge in [0.05, 0.1) is 17.2 Å². The average molecular weight is 475 g/mol. The van der Waals surface area contributed by atoms with Crippen molar-refractivity contribution in [2.45, 2.75) is 50.9 Å². The fourth-order valence-electron chi connectivity index (χ4n) is 3.15. The van der Waals surface area contributed by atoms with Crippen molar-refractivity contribution in [2.75, 3.05) is 17.8 Å². The van der Waals surface area contributed by atoms with Crippen molar-refractivity contribution >= 4 is 50.9 Å². The van der Waals surface area contributed by atoms with Crippen molar-refractivity contribution in [1.82, 2.24) is 9.66 Å². The van der Waals surface area contributed by atoms with Gasteiger partial charge in [-0.25, -0.2) is 14.5 Å². The van der Waals surface area contributed by atoms with Gasteiger partial charge in [-0.15, -0.1) is 11.3 Å². The number of nitrogens with zero attached hydrogens (tertiary/aromatic N) is 2. The lowest BCUT2D eigenvalue weighted by Gasteiger charge is -2.16. The van der Waals surface area contributed by atoms with E-state index in [4.69, 9.17) is 10.6 Å². The second-order valence-corrected chi connectivity index (χ2v) is 9.25. The lowest BCUT2D eigenvalue weighted by Crippen LogP contribution is -2.32. The summed E-state index contributed by atoms with van der Waals surface area (Å²) in [6.45, 7) is 7.57. The predicted molar refractivity (Wildman–Crippen MR) is 129 cm³/mol. The number of benzene rings is 1. The number of aromatic nitrogens is 2. The molecule has 0 spiro atoms. The van der Waals surface area contributed by atoms with Crippen LogP contribution in [0.2, 0.25) is 0 Å². The molecule has 3 rings (SSSR count). The largest absolute Gasteiger partial charge is 0.462 e. The molecular weight excluding hydrogens is 448 g/mol. The summed E-state index contributed by atoms with van der Waals surface area (Å²) in [4.78, 5) is 43.1. The van der Waals surface area contributed by atoms with Crippen LogP contribution in [0.15, 0.2) is 34.2 Å². The number of thioether (sulfide) groups is 1. The Labute approximate surface area is 194 Å². The summed E-state index contributed by atoms with van der Waals surface area (Å²) in [5.41, 5.74) is 1.92. The van der Waals surface area contributed by atoms with Crippen LogP contribution in [0.3, 0.4) is 0 Å². The van der Waals surface area contributed by atoms with Crippen LogP contribution in [0.25, 0.3) is 10.2 Å². The number of amides is 1. The SMILES string of the molecule is CCOC(=O)c1sc2nc(S[C@@H](CC)C(=O)Nc3ccc(CC)cc3)n(N)c(=O)c2c1C. The number of nitrogens with two attached hydrogens (primary N) is 1. The summed E-state index contributed by atoms with van der Waals surface area (Å²) < 4.78 is 6.01. The van der Waals surface area contributed by atoms with E-state index in [2.05, 4.69) is 17.2 Å². The summed E-state index contributed by atoms with van der Waals surface area (Å²) in [5, 5.41) is 2.90. The van der Waals surface area contributed by atoms with Gasteiger partial charge in [0.25, 0.3) is 5.56 Å². The molecule has 0 aliphatic heterocycles. The number of carbonyl (C=O) groups is 2. The topological polar surface area (TPSA) is 116 Å². The zero-order chi connectivity index (χ0) is 23.4. The smallest absolute Gasteiger partial charge is 0.348 e. The van der Waals surface area contributed by atoms with Crippen molar-refractivity contribution in [3.8, 4) is 0 Å². The number of thiophene rings is 1. The molecule has 0 bridgehead atoms. The maximum atomic E-state index is 12.9. The van der Waals surface area contributed by atoms with Crippen molar-refractivity contribution in [3.05, 3.63) is 50.6 Å². The average Bonchev–Trinajstić information content (AvgIpc) is 3.12. The van der Waals surface area contributed by atoms with E-state index in [-0.39, 0.29) is 17.7 Å². The molecule has 0 saturated carbocycles. The monoisotopic (exact) mass is 474 g/mol. The van der Waals surface area contributed by atoms with Gasteiger partial charge in [-0.3, -0.25) is 9.59 Å². The minimum Gasteiger partial charge on any atom is -0.462 e. The first-order chi connectivity index (χ1) is 15.3. The Bertz CT molecular complexity index is 1200. The van der Waals surface area contributed by atoms with Crippen LogP contribution in [0.4, 0.5) is 5.69 Å². The summed E-state index contributed by atoms with van der Waals surface area (Å²) >= 11 is 2.21. The van der Waals surface area contributed by atoms with E-state index in [1.165, 1.54) is 5.56 Å². The molecule has 32 heavy (non-hydrogen) atoms. The van der Waals surface area contributed by atoms with Crippen LogP contribution >= 0.6 is 23.1 Å². The summed E-state index contributed by atoms with van der Waals surface area (Å²) in [6.07, 6.45) is 1.43. The van der Waals surface area contributed by atoms with Gasteiger partial charge < -0.3 is 15.9 Å². The van der Waals surface area contributed by atoms with E-state index >= 15 is 0 Å². The Morgan fingerprint density at radius 1 is 1.25 bits per heavy atom. The number of rotatable bonds is 8. The lowest BCUT2D eigenvalue weighted by atomic mass is 10.1. The zero-order valence-corrected chi connectivity index (χ0v) is 20.1. The van der Waals surface area contributed by atoms with Gasteiger partial charge in [0, 0.05) is 5.69 Å². The first-order valence-corrected chi connectivity index (χ1v) is 12.0. The molecule has 0 radical (unpaired) electrons. The van der Waals surface area contributed by atoms with Gasteiger partial charge >= 0.3 is 5.97 Å². The normalized spacial score (nSPS) is 12.0. The molecule has 1 amide bonds. The third-order valence-corrected chi connectivity index (χ3v) is 7.46. The minimum absolute atomic E-state index is 0.203. The molecule has 0 saturated heterocycles. The number of hydrogen-bond donors (Lipinski definition) is 2. The van der Waals surface area contributed by atoms with E-state index in [9.17, 15) is 14.4 Å². The van der Waals surface area contributed by atoms with Crippen LogP contribution in [-0.2, 0) is 16.0 Å². The summed E-state index contributed by atoms with van der Waals surface area (Å²) in [7, 11) is 0. The molecule has 0 fully saturated rings. The first kappa shape index (κ1) is 23.8. The number of carbonyl (C=O) groups excluding carboxylic acids is 2. The minimum atomic E-state index is -0.509. The Morgan fingerprint density at radius 2 is 1.94 bits per heavy atom. The third-order valence-electron chi connectivity index (χ3n) is 4.97. The van der Waals surface area contributed by atoms with E-state index in [0.717, 1.165) is 34.2 Å². The van der Waals surface area contributed by atoms with Gasteiger partial charge in [0.2, 0.25) is 5.91 Å². The Morgan fingerprint density at radius 3 is 2.53 bits per heavy atom. The molecule has 1 aromatic carbocycles. The number of ether oxygens (including phenoxy) is 1. The zero-order valence-electron chi connectivity index (χ0n) is 18.4. The number of anilines is 1. The molecule has 8 nitrogen and oxygen atoms in total. The first-order valence-electron chi connectivity index (χ1n) is 10.3. The van der Waals surface area contributed by atoms with Crippen molar-refractivity contribution in [2.24, 2.45) is 0 Å². The van der Waals surface area contributed by atoms with Crippen molar-refractivity contribution in [3.63, 3.8) is 0 Å². The maximum Gasteiger partial charge on any atom is 0.348 e. The van der Waals surface area contributed by atoms with Crippen LogP contribution in [0.1, 0.15) is 48.0 Å². The molecule has 10 heteroatoms. The molecular formula is C22H26N4O4S2. The number of nitrogens with one attached hydrogen (secondary N) is 1. The molecule has 2 heterocycles. The maximum absolute atomic E-state index is 12.9. The van der Waals surface area contributed by atoms with E-state index < -0.39 is 16.8 Å². The molecule has 3 N–H and O–H groups in total. The van der Waals surface area contributed by atoms with Crippen LogP contribution in [-0.4, -0.2) is 33.4 Å². The number of aryl methyl sites for hydroxylation is 2. The van der Waals surface area contributed by atoms with Gasteiger partial charge in [0.15, 0.2) is 5.16 Å². The van der Waals surface area contributed by atoms with Crippen molar-refractivity contribution < 1.29 is 14.3 Å². The van der Waals surface area contributed by atoms with Crippen molar-refractivity contribution in [1.29, 1.82) is 0 Å². The highest BCUT2D eigenvalue weighted by atomic mass is 32.2. The van der Waals surface area contributed by atoms with E-state index in [1.807, 2.05) is 31.2 Å². The number of fused-ring (bicyclic) bond motifs is 1. The predicted octanol–water partition coefficient (Wildman–Crippen LogP) is 3.73. The van der Waals surface area contributed by atoms with Gasteiger partial charge in [0.1, 0.15) is 9.71 Å². The quantitative estimate of drug-likeness (QED) is 0.221. The van der Waals surface area contributed by atoms with Gasteiger partial charge in [-0.2, -0.15) is 0 Å². The highest BCUT2D eigenvalue weighted by Gasteiger charge is 2.25. The van der Waals surface area contributed by atoms with Crippen LogP contribution < -0.4 is 16.7 Å². The number of nitrogen functional groups attached to an aromatic ring is 1. The summed E-state index contributed by atoms with van der Waals surface area (Å²) in [5.74, 6) is 5.33. The molecule has 1 atom stereocenters. The standard InChI is InChI=1S/C22H26N4O4S2/c1-5-13-8-10-14(11-9-13)24-18(27)15(6-2)31-22-25-19-16(20(28)26(22)23)12(4)17(32-19)21(29)30-7-3/h8-11,15H,5-7,23H2,1-4H3,(H,24,27)/t15-/m0/s1. The Kier molecular flexibility index (Phi) is 7.57. The van der Waals surface area contributed by atoms with Crippen LogP contribution in [0.5, 0.6) is 0 Å². The molecule has 170 valence electrons.